The van der Waals surface area contributed by atoms with E-state index in [9.17, 15) is 9.59 Å². The van der Waals surface area contributed by atoms with Crippen molar-refractivity contribution in [1.82, 2.24) is 20.0 Å². The fourth-order valence-electron chi connectivity index (χ4n) is 4.50. The van der Waals surface area contributed by atoms with E-state index in [4.69, 9.17) is 0 Å². The second kappa shape index (κ2) is 8.30. The van der Waals surface area contributed by atoms with Gasteiger partial charge in [-0.3, -0.25) is 14.3 Å². The van der Waals surface area contributed by atoms with E-state index in [1.165, 1.54) is 16.9 Å². The average Bonchev–Trinajstić information content (AvgIpc) is 3.26. The monoisotopic (exact) mass is 414 g/mol. The van der Waals surface area contributed by atoms with Gasteiger partial charge in [-0.05, 0) is 64.0 Å². The minimum Gasteiger partial charge on any atom is -0.352 e. The molecule has 4 rings (SSSR count). The Balaban J connectivity index is 1.38. The predicted molar refractivity (Wildman–Crippen MR) is 114 cm³/mol. The molecule has 2 aromatic heterocycles. The first-order chi connectivity index (χ1) is 13.9. The van der Waals surface area contributed by atoms with Crippen LogP contribution in [0.4, 0.5) is 0 Å². The van der Waals surface area contributed by atoms with Crippen LogP contribution in [0, 0.1) is 19.8 Å². The summed E-state index contributed by atoms with van der Waals surface area (Å²) in [5.74, 6) is 0.258. The van der Waals surface area contributed by atoms with Crippen LogP contribution in [0.15, 0.2) is 6.07 Å². The number of amides is 2. The Kier molecular flexibility index (Phi) is 5.76. The van der Waals surface area contributed by atoms with Crippen LogP contribution in [-0.2, 0) is 31.2 Å². The number of carbonyl (C=O) groups excluding carboxylic acids is 2. The van der Waals surface area contributed by atoms with Crippen LogP contribution in [0.1, 0.15) is 62.7 Å². The van der Waals surface area contributed by atoms with Crippen molar-refractivity contribution in [3.8, 4) is 0 Å². The maximum Gasteiger partial charge on any atom is 0.263 e. The standard InChI is InChI=1S/C22H30N4O2S/c1-14-18(15(2)25(3)24-14)13-23-21(27)16-7-8-19-17(11-16)12-20(29-19)22(28)26-9-5-4-6-10-26/h12,16H,4-11,13H2,1-3H3,(H,23,27)/t16-/m0/s1. The number of thiophene rings is 1. The van der Waals surface area contributed by atoms with Gasteiger partial charge >= 0.3 is 0 Å². The molecule has 2 aromatic rings. The zero-order valence-corrected chi connectivity index (χ0v) is 18.4. The van der Waals surface area contributed by atoms with Crippen molar-refractivity contribution in [2.24, 2.45) is 13.0 Å². The molecule has 0 spiro atoms. The summed E-state index contributed by atoms with van der Waals surface area (Å²) in [6.45, 7) is 6.28. The van der Waals surface area contributed by atoms with Gasteiger partial charge in [0, 0.05) is 48.7 Å². The summed E-state index contributed by atoms with van der Waals surface area (Å²) in [6, 6.07) is 2.05. The molecule has 1 atom stereocenters. The van der Waals surface area contributed by atoms with Gasteiger partial charge in [0.05, 0.1) is 10.6 Å². The van der Waals surface area contributed by atoms with Crippen LogP contribution < -0.4 is 5.32 Å². The molecule has 0 radical (unpaired) electrons. The number of rotatable bonds is 4. The molecule has 1 N–H and O–H groups in total. The van der Waals surface area contributed by atoms with Gasteiger partial charge in [-0.15, -0.1) is 11.3 Å². The third-order valence-corrected chi connectivity index (χ3v) is 7.63. The SMILES string of the molecule is Cc1nn(C)c(C)c1CNC(=O)[C@H]1CCc2sc(C(=O)N3CCCCC3)cc2C1. The number of hydrogen-bond donors (Lipinski definition) is 1. The molecular weight excluding hydrogens is 384 g/mol. The van der Waals surface area contributed by atoms with Gasteiger partial charge in [-0.2, -0.15) is 5.10 Å². The van der Waals surface area contributed by atoms with Crippen molar-refractivity contribution < 1.29 is 9.59 Å². The highest BCUT2D eigenvalue weighted by Gasteiger charge is 2.29. The largest absolute Gasteiger partial charge is 0.352 e. The highest BCUT2D eigenvalue weighted by Crippen LogP contribution is 2.33. The summed E-state index contributed by atoms with van der Waals surface area (Å²) >= 11 is 1.63. The Morgan fingerprint density at radius 2 is 2.00 bits per heavy atom. The number of likely N-dealkylation sites (tertiary alicyclic amines) is 1. The fourth-order valence-corrected chi connectivity index (χ4v) is 5.68. The lowest BCUT2D eigenvalue weighted by molar-refractivity contribution is -0.125. The average molecular weight is 415 g/mol. The first-order valence-electron chi connectivity index (χ1n) is 10.6. The number of nitrogens with zero attached hydrogens (tertiary/aromatic N) is 3. The topological polar surface area (TPSA) is 67.2 Å². The summed E-state index contributed by atoms with van der Waals surface area (Å²) in [6.07, 6.45) is 5.90. The van der Waals surface area contributed by atoms with Gasteiger partial charge < -0.3 is 10.2 Å². The molecule has 1 fully saturated rings. The van der Waals surface area contributed by atoms with Crippen molar-refractivity contribution in [3.05, 3.63) is 38.3 Å². The molecule has 156 valence electrons. The molecule has 0 bridgehead atoms. The molecular formula is C22H30N4O2S. The predicted octanol–water partition coefficient (Wildman–Crippen LogP) is 3.15. The Morgan fingerprint density at radius 3 is 2.69 bits per heavy atom. The minimum atomic E-state index is -0.0210. The summed E-state index contributed by atoms with van der Waals surface area (Å²) in [5, 5.41) is 7.53. The van der Waals surface area contributed by atoms with Gasteiger partial charge in [-0.25, -0.2) is 0 Å². The van der Waals surface area contributed by atoms with Crippen molar-refractivity contribution in [1.29, 1.82) is 0 Å². The maximum absolute atomic E-state index is 12.8. The van der Waals surface area contributed by atoms with E-state index in [0.29, 0.717) is 6.54 Å². The van der Waals surface area contributed by atoms with Gasteiger partial charge in [-0.1, -0.05) is 0 Å². The maximum atomic E-state index is 12.8. The van der Waals surface area contributed by atoms with E-state index in [1.54, 1.807) is 11.3 Å². The normalized spacial score (nSPS) is 19.1. The highest BCUT2D eigenvalue weighted by atomic mass is 32.1. The number of aromatic nitrogens is 2. The quantitative estimate of drug-likeness (QED) is 0.836. The molecule has 1 aliphatic carbocycles. The van der Waals surface area contributed by atoms with E-state index in [2.05, 4.69) is 10.4 Å². The van der Waals surface area contributed by atoms with E-state index in [0.717, 1.165) is 67.0 Å². The van der Waals surface area contributed by atoms with E-state index in [-0.39, 0.29) is 17.7 Å². The highest BCUT2D eigenvalue weighted by molar-refractivity contribution is 7.14. The Hall–Kier alpha value is -2.15. The third kappa shape index (κ3) is 4.10. The van der Waals surface area contributed by atoms with Crippen LogP contribution in [0.2, 0.25) is 0 Å². The molecule has 0 saturated carbocycles. The fraction of sp³-hybridized carbons (Fsp3) is 0.591. The Morgan fingerprint density at radius 1 is 1.24 bits per heavy atom. The lowest BCUT2D eigenvalue weighted by Gasteiger charge is -2.26. The van der Waals surface area contributed by atoms with E-state index in [1.807, 2.05) is 36.5 Å². The number of fused-ring (bicyclic) bond motifs is 1. The molecule has 1 aliphatic heterocycles. The number of nitrogens with one attached hydrogen (secondary N) is 1. The molecule has 2 aliphatic rings. The van der Waals surface area contributed by atoms with Crippen molar-refractivity contribution >= 4 is 23.2 Å². The van der Waals surface area contributed by atoms with Crippen molar-refractivity contribution in [3.63, 3.8) is 0 Å². The molecule has 3 heterocycles. The van der Waals surface area contributed by atoms with Crippen LogP contribution in [0.3, 0.4) is 0 Å². The molecule has 29 heavy (non-hydrogen) atoms. The van der Waals surface area contributed by atoms with Crippen molar-refractivity contribution in [2.45, 2.75) is 58.9 Å². The van der Waals surface area contributed by atoms with Crippen molar-refractivity contribution in [2.75, 3.05) is 13.1 Å². The van der Waals surface area contributed by atoms with Gasteiger partial charge in [0.25, 0.3) is 5.91 Å². The summed E-state index contributed by atoms with van der Waals surface area (Å²) in [4.78, 5) is 29.7. The van der Waals surface area contributed by atoms with Crippen LogP contribution in [0.25, 0.3) is 0 Å². The van der Waals surface area contributed by atoms with Crippen LogP contribution >= 0.6 is 11.3 Å². The zero-order chi connectivity index (χ0) is 20.5. The molecule has 6 nitrogen and oxygen atoms in total. The lowest BCUT2D eigenvalue weighted by atomic mass is 9.87. The minimum absolute atomic E-state index is 0.0210. The van der Waals surface area contributed by atoms with E-state index < -0.39 is 0 Å². The lowest BCUT2D eigenvalue weighted by Crippen LogP contribution is -2.35. The molecule has 0 aromatic carbocycles. The Labute approximate surface area is 176 Å². The number of aryl methyl sites for hydroxylation is 3. The second-order valence-corrected chi connectivity index (χ2v) is 9.48. The Bertz CT molecular complexity index is 924. The van der Waals surface area contributed by atoms with Gasteiger partial charge in [0.1, 0.15) is 0 Å². The number of carbonyl (C=O) groups is 2. The smallest absolute Gasteiger partial charge is 0.263 e. The molecule has 1 saturated heterocycles. The first kappa shape index (κ1) is 20.1. The molecule has 2 amide bonds. The third-order valence-electron chi connectivity index (χ3n) is 6.41. The zero-order valence-electron chi connectivity index (χ0n) is 17.6. The molecule has 0 unspecified atom stereocenters. The second-order valence-electron chi connectivity index (χ2n) is 8.34. The van der Waals surface area contributed by atoms with E-state index >= 15 is 0 Å². The van der Waals surface area contributed by atoms with Gasteiger partial charge in [0.15, 0.2) is 0 Å². The number of piperidine rings is 1. The summed E-state index contributed by atoms with van der Waals surface area (Å²) < 4.78 is 1.86. The summed E-state index contributed by atoms with van der Waals surface area (Å²) in [7, 11) is 1.93. The first-order valence-corrected chi connectivity index (χ1v) is 11.4. The van der Waals surface area contributed by atoms with Crippen LogP contribution in [0.5, 0.6) is 0 Å². The van der Waals surface area contributed by atoms with Crippen LogP contribution in [-0.4, -0.2) is 39.6 Å². The van der Waals surface area contributed by atoms with Gasteiger partial charge in [0.2, 0.25) is 5.91 Å². The number of hydrogen-bond acceptors (Lipinski definition) is 4. The summed E-state index contributed by atoms with van der Waals surface area (Å²) in [5.41, 5.74) is 4.35. The molecule has 7 heteroatoms.